The maximum Gasteiger partial charge on any atom is 0.149 e. The van der Waals surface area contributed by atoms with E-state index in [0.29, 0.717) is 35.3 Å². The number of azo groups is 2. The van der Waals surface area contributed by atoms with Crippen LogP contribution in [0.1, 0.15) is 169 Å². The summed E-state index contributed by atoms with van der Waals surface area (Å²) in [6.07, 6.45) is 18.1. The number of hydrogen-bond acceptors (Lipinski definition) is 6. The molecule has 2 atom stereocenters. The summed E-state index contributed by atoms with van der Waals surface area (Å²) < 4.78 is 6.46. The molecule has 0 aliphatic rings. The van der Waals surface area contributed by atoms with Gasteiger partial charge < -0.3 is 9.64 Å². The first kappa shape index (κ1) is 47.8. The van der Waals surface area contributed by atoms with Crippen molar-refractivity contribution in [1.29, 1.82) is 0 Å². The Kier molecular flexibility index (Phi) is 20.5. The first-order valence-electron chi connectivity index (χ1n) is 22.6. The lowest BCUT2D eigenvalue weighted by molar-refractivity contribution is 0.241. The molecule has 0 N–H and O–H groups in total. The molecule has 57 heavy (non-hydrogen) atoms. The van der Waals surface area contributed by atoms with Gasteiger partial charge in [-0.3, -0.25) is 0 Å². The third kappa shape index (κ3) is 19.6. The minimum Gasteiger partial charge on any atom is -0.491 e. The van der Waals surface area contributed by atoms with Crippen LogP contribution < -0.4 is 9.64 Å². The van der Waals surface area contributed by atoms with Crippen LogP contribution in [0.15, 0.2) is 75.1 Å². The molecule has 0 aromatic heterocycles. The summed E-state index contributed by atoms with van der Waals surface area (Å²) in [6, 6.07) is 18.8. The number of nitrogens with zero attached hydrogens (tertiary/aromatic N) is 5. The van der Waals surface area contributed by atoms with E-state index >= 15 is 0 Å². The molecule has 0 aliphatic carbocycles. The van der Waals surface area contributed by atoms with Crippen molar-refractivity contribution in [2.45, 2.75) is 173 Å². The van der Waals surface area contributed by atoms with Gasteiger partial charge in [-0.2, -0.15) is 15.3 Å². The van der Waals surface area contributed by atoms with E-state index in [0.717, 1.165) is 54.1 Å². The van der Waals surface area contributed by atoms with E-state index in [1.54, 1.807) is 0 Å². The van der Waals surface area contributed by atoms with E-state index in [1.165, 1.54) is 88.3 Å². The predicted octanol–water partition coefficient (Wildman–Crippen LogP) is 17.5. The number of unbranched alkanes of at least 4 members (excludes halogenated alkanes) is 9. The number of ether oxygens (including phenoxy) is 1. The van der Waals surface area contributed by atoms with Crippen molar-refractivity contribution in [1.82, 2.24) is 0 Å². The van der Waals surface area contributed by atoms with Crippen molar-refractivity contribution in [3.63, 3.8) is 0 Å². The summed E-state index contributed by atoms with van der Waals surface area (Å²) in [5.41, 5.74) is 8.41. The summed E-state index contributed by atoms with van der Waals surface area (Å²) >= 11 is 0. The van der Waals surface area contributed by atoms with E-state index in [2.05, 4.69) is 122 Å². The van der Waals surface area contributed by atoms with Gasteiger partial charge in [0.2, 0.25) is 0 Å². The van der Waals surface area contributed by atoms with Crippen LogP contribution in [0.25, 0.3) is 0 Å². The highest BCUT2D eigenvalue weighted by Gasteiger charge is 2.18. The molecule has 316 valence electrons. The van der Waals surface area contributed by atoms with Crippen molar-refractivity contribution < 1.29 is 4.74 Å². The van der Waals surface area contributed by atoms with Crippen LogP contribution in [-0.4, -0.2) is 19.7 Å². The van der Waals surface area contributed by atoms with Gasteiger partial charge in [0.1, 0.15) is 11.4 Å². The Balaban J connectivity index is 1.78. The van der Waals surface area contributed by atoms with Gasteiger partial charge in [-0.1, -0.05) is 138 Å². The molecule has 0 spiro atoms. The van der Waals surface area contributed by atoms with E-state index in [1.807, 2.05) is 31.2 Å². The molecular weight excluding hydrogens is 699 g/mol. The lowest BCUT2D eigenvalue weighted by Crippen LogP contribution is -2.27. The highest BCUT2D eigenvalue weighted by molar-refractivity contribution is 5.63. The summed E-state index contributed by atoms with van der Waals surface area (Å²) in [4.78, 5) is 2.62. The van der Waals surface area contributed by atoms with E-state index in [9.17, 15) is 0 Å². The van der Waals surface area contributed by atoms with E-state index in [4.69, 9.17) is 15.0 Å². The van der Waals surface area contributed by atoms with E-state index in [-0.39, 0.29) is 5.41 Å². The SMILES string of the molecule is CCCCCCCCCCCCN(CCC(C)CC(C)(C)C)c1ccc(N=Nc2cc(C)c(N=Nc3ccc(C)cc3)cc2OCCC(C)CC(C)(C)C)c(C)c1. The molecule has 3 rings (SSSR count). The summed E-state index contributed by atoms with van der Waals surface area (Å²) in [6.45, 7) is 30.1. The molecule has 0 bridgehead atoms. The molecule has 0 saturated heterocycles. The first-order valence-corrected chi connectivity index (χ1v) is 22.6. The number of benzene rings is 3. The van der Waals surface area contributed by atoms with Crippen LogP contribution in [0.5, 0.6) is 5.75 Å². The number of anilines is 1. The van der Waals surface area contributed by atoms with Gasteiger partial charge in [-0.15, -0.1) is 5.11 Å². The second-order valence-corrected chi connectivity index (χ2v) is 19.6. The zero-order chi connectivity index (χ0) is 41.8. The summed E-state index contributed by atoms with van der Waals surface area (Å²) in [5.74, 6) is 1.92. The fourth-order valence-corrected chi connectivity index (χ4v) is 7.94. The second-order valence-electron chi connectivity index (χ2n) is 19.6. The van der Waals surface area contributed by atoms with Gasteiger partial charge in [0.25, 0.3) is 0 Å². The number of hydrogen-bond donors (Lipinski definition) is 0. The summed E-state index contributed by atoms with van der Waals surface area (Å²) in [7, 11) is 0. The number of aryl methyl sites for hydroxylation is 3. The van der Waals surface area contributed by atoms with Crippen molar-refractivity contribution in [3.8, 4) is 5.75 Å². The van der Waals surface area contributed by atoms with Crippen LogP contribution in [0.4, 0.5) is 28.4 Å². The lowest BCUT2D eigenvalue weighted by Gasteiger charge is -2.29. The highest BCUT2D eigenvalue weighted by Crippen LogP contribution is 2.38. The number of rotatable bonds is 25. The largest absolute Gasteiger partial charge is 0.491 e. The quantitative estimate of drug-likeness (QED) is 0.0635. The maximum atomic E-state index is 6.46. The predicted molar refractivity (Wildman–Crippen MR) is 247 cm³/mol. The molecule has 2 unspecified atom stereocenters. The van der Waals surface area contributed by atoms with Gasteiger partial charge >= 0.3 is 0 Å². The van der Waals surface area contributed by atoms with Crippen LogP contribution in [-0.2, 0) is 0 Å². The lowest BCUT2D eigenvalue weighted by atomic mass is 9.84. The van der Waals surface area contributed by atoms with Crippen molar-refractivity contribution in [3.05, 3.63) is 71.3 Å². The van der Waals surface area contributed by atoms with Gasteiger partial charge in [0, 0.05) is 24.8 Å². The summed E-state index contributed by atoms with van der Waals surface area (Å²) in [5, 5.41) is 18.8. The maximum absolute atomic E-state index is 6.46. The minimum absolute atomic E-state index is 0.286. The molecule has 3 aromatic carbocycles. The zero-order valence-corrected chi connectivity index (χ0v) is 38.5. The average Bonchev–Trinajstić information content (AvgIpc) is 3.12. The molecule has 0 fully saturated rings. The molecule has 0 saturated carbocycles. The molecular formula is C51H81N5O. The molecule has 0 heterocycles. The minimum atomic E-state index is 0.286. The smallest absolute Gasteiger partial charge is 0.149 e. The van der Waals surface area contributed by atoms with Gasteiger partial charge in [0.15, 0.2) is 0 Å². The van der Waals surface area contributed by atoms with Crippen LogP contribution in [0, 0.1) is 43.4 Å². The van der Waals surface area contributed by atoms with Crippen LogP contribution >= 0.6 is 0 Å². The Bertz CT molecular complexity index is 1650. The van der Waals surface area contributed by atoms with Gasteiger partial charge in [-0.25, -0.2) is 0 Å². The molecule has 6 nitrogen and oxygen atoms in total. The van der Waals surface area contributed by atoms with Gasteiger partial charge in [0.05, 0.1) is 23.7 Å². The van der Waals surface area contributed by atoms with E-state index < -0.39 is 0 Å². The van der Waals surface area contributed by atoms with Crippen molar-refractivity contribution >= 4 is 28.4 Å². The van der Waals surface area contributed by atoms with Crippen molar-refractivity contribution in [2.24, 2.45) is 43.1 Å². The molecule has 0 radical (unpaired) electrons. The fourth-order valence-electron chi connectivity index (χ4n) is 7.94. The third-order valence-corrected chi connectivity index (χ3v) is 10.9. The Labute approximate surface area is 349 Å². The Morgan fingerprint density at radius 3 is 1.70 bits per heavy atom. The normalized spacial score (nSPS) is 13.5. The Hall–Kier alpha value is -3.54. The van der Waals surface area contributed by atoms with Crippen LogP contribution in [0.2, 0.25) is 0 Å². The first-order chi connectivity index (χ1) is 27.0. The molecule has 0 amide bonds. The average molecular weight is 780 g/mol. The fraction of sp³-hybridized carbons (Fsp3) is 0.647. The van der Waals surface area contributed by atoms with Crippen molar-refractivity contribution in [2.75, 3.05) is 24.6 Å². The highest BCUT2D eigenvalue weighted by atomic mass is 16.5. The molecule has 6 heteroatoms. The van der Waals surface area contributed by atoms with Gasteiger partial charge in [-0.05, 0) is 123 Å². The Morgan fingerprint density at radius 1 is 0.561 bits per heavy atom. The standard InChI is InChI=1S/C51H81N5O/c1-13-14-15-16-17-18-19-20-21-22-31-56(32-29-40(3)37-50(7,8)9)45-27-28-46(42(5)34-45)53-55-48-35-43(6)47(54-52-44-25-23-39(2)24-26-44)36-49(48)57-33-30-41(4)38-51(10,11)12/h23-28,34-36,40-41H,13-22,29-33,37-38H2,1-12H3. The molecule has 3 aromatic rings. The third-order valence-electron chi connectivity index (χ3n) is 10.9. The molecule has 0 aliphatic heterocycles. The second kappa shape index (κ2) is 24.4. The zero-order valence-electron chi connectivity index (χ0n) is 38.5. The monoisotopic (exact) mass is 780 g/mol. The Morgan fingerprint density at radius 2 is 1.11 bits per heavy atom. The topological polar surface area (TPSA) is 61.9 Å². The van der Waals surface area contributed by atoms with Crippen LogP contribution in [0.3, 0.4) is 0 Å².